The fraction of sp³-hybridized carbons (Fsp3) is 0.312. The van der Waals surface area contributed by atoms with E-state index < -0.39 is 6.09 Å². The highest BCUT2D eigenvalue weighted by molar-refractivity contribution is 6.28. The first kappa shape index (κ1) is 26.9. The van der Waals surface area contributed by atoms with Crippen LogP contribution in [0.25, 0.3) is 10.8 Å². The van der Waals surface area contributed by atoms with Crippen molar-refractivity contribution in [2.75, 3.05) is 42.6 Å². The second-order valence-corrected chi connectivity index (χ2v) is 10.8. The average molecular weight is 567 g/mol. The molecule has 208 valence electrons. The van der Waals surface area contributed by atoms with Crippen LogP contribution in [0, 0.1) is 11.3 Å². The first-order valence-corrected chi connectivity index (χ1v) is 14.3. The first-order chi connectivity index (χ1) is 20.1. The van der Waals surface area contributed by atoms with E-state index in [4.69, 9.17) is 16.3 Å². The standard InChI is InChI=1S/C32H31ClN6O2/c33-31-35-28-21-37(29-13-7-11-24-10-5-6-12-26(24)29)17-15-27(28)30(36-31)38-18-19-39(25(20-38)14-16-34)32(40)41-22-23-8-3-1-2-4-9-23/h1,3-13,25H,2,14-15,17-22H2. The highest BCUT2D eigenvalue weighted by Gasteiger charge is 2.34. The first-order valence-electron chi connectivity index (χ1n) is 14.0. The van der Waals surface area contributed by atoms with E-state index in [9.17, 15) is 10.1 Å². The van der Waals surface area contributed by atoms with Gasteiger partial charge in [0.05, 0.1) is 30.8 Å². The lowest BCUT2D eigenvalue weighted by atomic mass is 10.0. The molecule has 3 aliphatic rings. The molecule has 3 heterocycles. The molecule has 1 saturated heterocycles. The number of hydrogen-bond donors (Lipinski definition) is 0. The number of allylic oxidation sites excluding steroid dienone is 4. The second kappa shape index (κ2) is 12.0. The normalized spacial score (nSPS) is 18.5. The molecule has 1 aromatic heterocycles. The Labute approximate surface area is 244 Å². The van der Waals surface area contributed by atoms with Crippen LogP contribution in [-0.4, -0.2) is 59.8 Å². The summed E-state index contributed by atoms with van der Waals surface area (Å²) in [7, 11) is 0. The molecule has 41 heavy (non-hydrogen) atoms. The van der Waals surface area contributed by atoms with E-state index in [1.165, 1.54) is 16.5 Å². The SMILES string of the molecule is N#CCC1CN(c2nc(Cl)nc3c2CCN(c2cccc4ccccc24)C3)CCN1C(=O)OCC1=CC=CCC=C1. The molecule has 1 atom stereocenters. The summed E-state index contributed by atoms with van der Waals surface area (Å²) in [6.07, 6.45) is 11.4. The third-order valence-corrected chi connectivity index (χ3v) is 8.05. The summed E-state index contributed by atoms with van der Waals surface area (Å²) in [6, 6.07) is 16.7. The van der Waals surface area contributed by atoms with Crippen LogP contribution in [0.4, 0.5) is 16.3 Å². The van der Waals surface area contributed by atoms with Gasteiger partial charge in [-0.1, -0.05) is 66.8 Å². The van der Waals surface area contributed by atoms with Gasteiger partial charge in [-0.25, -0.2) is 14.8 Å². The molecule has 2 aliphatic heterocycles. The largest absolute Gasteiger partial charge is 0.445 e. The predicted molar refractivity (Wildman–Crippen MR) is 161 cm³/mol. The van der Waals surface area contributed by atoms with Crippen molar-refractivity contribution in [2.24, 2.45) is 0 Å². The maximum Gasteiger partial charge on any atom is 0.410 e. The van der Waals surface area contributed by atoms with Gasteiger partial charge in [0.15, 0.2) is 0 Å². The van der Waals surface area contributed by atoms with Crippen molar-refractivity contribution >= 4 is 40.0 Å². The fourth-order valence-electron chi connectivity index (χ4n) is 5.85. The van der Waals surface area contributed by atoms with Gasteiger partial charge < -0.3 is 19.4 Å². The van der Waals surface area contributed by atoms with Crippen LogP contribution in [0.1, 0.15) is 24.1 Å². The summed E-state index contributed by atoms with van der Waals surface area (Å²) < 4.78 is 5.64. The van der Waals surface area contributed by atoms with Gasteiger partial charge in [-0.3, -0.25) is 0 Å². The van der Waals surface area contributed by atoms with E-state index in [-0.39, 0.29) is 24.4 Å². The van der Waals surface area contributed by atoms with Gasteiger partial charge in [0, 0.05) is 42.8 Å². The number of hydrogen-bond acceptors (Lipinski definition) is 7. The molecule has 8 nitrogen and oxygen atoms in total. The minimum absolute atomic E-state index is 0.196. The zero-order valence-corrected chi connectivity index (χ0v) is 23.5. The van der Waals surface area contributed by atoms with Crippen molar-refractivity contribution in [1.29, 1.82) is 5.26 Å². The Morgan fingerprint density at radius 2 is 1.95 bits per heavy atom. The third kappa shape index (κ3) is 5.77. The van der Waals surface area contributed by atoms with Crippen LogP contribution in [0.3, 0.4) is 0 Å². The number of aromatic nitrogens is 2. The number of nitrogens with zero attached hydrogens (tertiary/aromatic N) is 6. The molecule has 0 saturated carbocycles. The maximum absolute atomic E-state index is 13.1. The molecule has 3 aromatic rings. The van der Waals surface area contributed by atoms with Gasteiger partial charge in [-0.15, -0.1) is 0 Å². The van der Waals surface area contributed by atoms with Crippen molar-refractivity contribution in [3.05, 3.63) is 95.0 Å². The van der Waals surface area contributed by atoms with Crippen molar-refractivity contribution < 1.29 is 9.53 Å². The Morgan fingerprint density at radius 1 is 1.07 bits per heavy atom. The zero-order chi connectivity index (χ0) is 28.2. The molecule has 1 amide bonds. The number of halogens is 1. The minimum Gasteiger partial charge on any atom is -0.445 e. The van der Waals surface area contributed by atoms with Crippen molar-refractivity contribution in [1.82, 2.24) is 14.9 Å². The Morgan fingerprint density at radius 3 is 2.85 bits per heavy atom. The molecule has 0 N–H and O–H groups in total. The van der Waals surface area contributed by atoms with Gasteiger partial charge >= 0.3 is 6.09 Å². The number of ether oxygens (including phenoxy) is 1. The summed E-state index contributed by atoms with van der Waals surface area (Å²) >= 11 is 6.47. The monoisotopic (exact) mass is 566 g/mol. The average Bonchev–Trinajstić information content (AvgIpc) is 3.28. The Kier molecular flexibility index (Phi) is 7.88. The molecule has 1 aliphatic carbocycles. The maximum atomic E-state index is 13.1. The molecule has 1 fully saturated rings. The van der Waals surface area contributed by atoms with Crippen molar-refractivity contribution in [2.45, 2.75) is 31.8 Å². The summed E-state index contributed by atoms with van der Waals surface area (Å²) in [6.45, 7) is 3.12. The lowest BCUT2D eigenvalue weighted by Gasteiger charge is -2.41. The number of benzene rings is 2. The number of nitriles is 1. The summed E-state index contributed by atoms with van der Waals surface area (Å²) in [5.74, 6) is 0.800. The number of rotatable bonds is 5. The molecule has 0 bridgehead atoms. The Bertz CT molecular complexity index is 1590. The highest BCUT2D eigenvalue weighted by Crippen LogP contribution is 2.34. The van der Waals surface area contributed by atoms with Crippen LogP contribution in [-0.2, 0) is 17.7 Å². The van der Waals surface area contributed by atoms with Crippen LogP contribution < -0.4 is 9.80 Å². The van der Waals surface area contributed by atoms with E-state index in [1.54, 1.807) is 4.90 Å². The highest BCUT2D eigenvalue weighted by atomic mass is 35.5. The van der Waals surface area contributed by atoms with E-state index >= 15 is 0 Å². The van der Waals surface area contributed by atoms with Gasteiger partial charge in [0.1, 0.15) is 12.4 Å². The zero-order valence-electron chi connectivity index (χ0n) is 22.7. The predicted octanol–water partition coefficient (Wildman–Crippen LogP) is 5.83. The number of fused-ring (bicyclic) bond motifs is 2. The summed E-state index contributed by atoms with van der Waals surface area (Å²) in [5.41, 5.74) is 4.11. The van der Waals surface area contributed by atoms with Crippen LogP contribution >= 0.6 is 11.6 Å². The van der Waals surface area contributed by atoms with E-state index in [0.29, 0.717) is 26.2 Å². The topological polar surface area (TPSA) is 85.6 Å². The second-order valence-electron chi connectivity index (χ2n) is 10.4. The van der Waals surface area contributed by atoms with E-state index in [2.05, 4.69) is 68.3 Å². The summed E-state index contributed by atoms with van der Waals surface area (Å²) in [4.78, 5) is 28.5. The number of carbonyl (C=O) groups excluding carboxylic acids is 1. The lowest BCUT2D eigenvalue weighted by Crippen LogP contribution is -2.56. The molecule has 9 heteroatoms. The molecule has 0 radical (unpaired) electrons. The van der Waals surface area contributed by atoms with Crippen LogP contribution in [0.15, 0.2) is 78.4 Å². The number of anilines is 2. The molecule has 0 spiro atoms. The van der Waals surface area contributed by atoms with Gasteiger partial charge in [0.2, 0.25) is 5.28 Å². The molecule has 1 unspecified atom stereocenters. The van der Waals surface area contributed by atoms with Gasteiger partial charge in [-0.2, -0.15) is 5.26 Å². The van der Waals surface area contributed by atoms with Gasteiger partial charge in [0.25, 0.3) is 0 Å². The van der Waals surface area contributed by atoms with Crippen LogP contribution in [0.5, 0.6) is 0 Å². The van der Waals surface area contributed by atoms with Crippen LogP contribution in [0.2, 0.25) is 5.28 Å². The van der Waals surface area contributed by atoms with E-state index in [0.717, 1.165) is 42.0 Å². The lowest BCUT2D eigenvalue weighted by molar-refractivity contribution is 0.0893. The van der Waals surface area contributed by atoms with Crippen molar-refractivity contribution in [3.8, 4) is 6.07 Å². The summed E-state index contributed by atoms with van der Waals surface area (Å²) in [5, 5.41) is 12.2. The molecular formula is C32H31ClN6O2. The Balaban J connectivity index is 1.19. The van der Waals surface area contributed by atoms with E-state index in [1.807, 2.05) is 30.4 Å². The molecule has 6 rings (SSSR count). The smallest absolute Gasteiger partial charge is 0.410 e. The third-order valence-electron chi connectivity index (χ3n) is 7.88. The quantitative estimate of drug-likeness (QED) is 0.359. The Hall–Kier alpha value is -4.35. The minimum atomic E-state index is -0.402. The number of amides is 1. The molecule has 2 aromatic carbocycles. The van der Waals surface area contributed by atoms with Gasteiger partial charge in [-0.05, 0) is 41.5 Å². The number of carbonyl (C=O) groups is 1. The fourth-order valence-corrected chi connectivity index (χ4v) is 6.03. The molecular weight excluding hydrogens is 536 g/mol. The van der Waals surface area contributed by atoms with Crippen molar-refractivity contribution in [3.63, 3.8) is 0 Å². The number of piperazine rings is 1.